The monoisotopic (exact) mass is 348 g/mol. The maximum absolute atomic E-state index is 6.22. The number of benzene rings is 1. The van der Waals surface area contributed by atoms with Crippen LogP contribution in [0.1, 0.15) is 65.4 Å². The summed E-state index contributed by atoms with van der Waals surface area (Å²) in [5, 5.41) is 4.34. The smallest absolute Gasteiger partial charge is 0.0481 e. The van der Waals surface area contributed by atoms with Crippen molar-refractivity contribution < 1.29 is 0 Å². The van der Waals surface area contributed by atoms with E-state index >= 15 is 0 Å². The van der Waals surface area contributed by atoms with Gasteiger partial charge in [-0.3, -0.25) is 4.99 Å². The van der Waals surface area contributed by atoms with Crippen LogP contribution >= 0.6 is 11.6 Å². The molecule has 3 heteroatoms. The Kier molecular flexibility index (Phi) is 10.7. The maximum Gasteiger partial charge on any atom is 0.0481 e. The van der Waals surface area contributed by atoms with Gasteiger partial charge in [-0.05, 0) is 56.4 Å². The van der Waals surface area contributed by atoms with E-state index in [1.54, 1.807) is 0 Å². The largest absolute Gasteiger partial charge is 0.311 e. The normalized spacial score (nSPS) is 14.0. The lowest BCUT2D eigenvalue weighted by atomic mass is 9.97. The molecule has 1 aromatic carbocycles. The van der Waals surface area contributed by atoms with E-state index in [-0.39, 0.29) is 0 Å². The van der Waals surface area contributed by atoms with Crippen molar-refractivity contribution in [3.05, 3.63) is 41.1 Å². The van der Waals surface area contributed by atoms with Gasteiger partial charge in [0.15, 0.2) is 0 Å². The topological polar surface area (TPSA) is 24.4 Å². The Morgan fingerprint density at radius 3 is 2.58 bits per heavy atom. The van der Waals surface area contributed by atoms with Gasteiger partial charge >= 0.3 is 0 Å². The van der Waals surface area contributed by atoms with Gasteiger partial charge in [0.1, 0.15) is 0 Å². The van der Waals surface area contributed by atoms with Gasteiger partial charge in [-0.2, -0.15) is 0 Å². The first-order valence-electron chi connectivity index (χ1n) is 9.24. The number of aliphatic imine (C=N–C) groups is 1. The zero-order valence-electron chi connectivity index (χ0n) is 15.7. The molecule has 0 bridgehead atoms. The molecule has 0 spiro atoms. The molecule has 0 saturated heterocycles. The molecule has 1 aromatic rings. The third-order valence-electron chi connectivity index (χ3n) is 4.25. The number of unbranched alkanes of at least 4 members (excludes halogenated alkanes) is 1. The van der Waals surface area contributed by atoms with E-state index in [0.29, 0.717) is 0 Å². The molecule has 0 aliphatic heterocycles. The molecule has 0 amide bonds. The minimum absolute atomic E-state index is 0.774. The average molecular weight is 349 g/mol. The molecule has 0 aromatic heterocycles. The van der Waals surface area contributed by atoms with Gasteiger partial charge in [0.2, 0.25) is 0 Å². The Labute approximate surface area is 153 Å². The van der Waals surface area contributed by atoms with Crippen molar-refractivity contribution in [1.29, 1.82) is 0 Å². The lowest BCUT2D eigenvalue weighted by Crippen LogP contribution is -2.27. The maximum atomic E-state index is 6.22. The second-order valence-electron chi connectivity index (χ2n) is 6.58. The van der Waals surface area contributed by atoms with Crippen LogP contribution in [0.3, 0.4) is 0 Å². The number of hydrogen-bond acceptors (Lipinski definition) is 2. The first kappa shape index (κ1) is 20.9. The van der Waals surface area contributed by atoms with Crippen molar-refractivity contribution in [2.45, 2.75) is 59.8 Å². The van der Waals surface area contributed by atoms with E-state index in [2.05, 4.69) is 31.1 Å². The van der Waals surface area contributed by atoms with E-state index in [0.717, 1.165) is 40.9 Å². The summed E-state index contributed by atoms with van der Waals surface area (Å²) in [6.07, 6.45) is 8.45. The van der Waals surface area contributed by atoms with Crippen molar-refractivity contribution in [3.63, 3.8) is 0 Å². The molecular formula is C21H33ClN2. The fourth-order valence-corrected chi connectivity index (χ4v) is 3.09. The number of halogens is 1. The Morgan fingerprint density at radius 1 is 1.17 bits per heavy atom. The lowest BCUT2D eigenvalue weighted by Gasteiger charge is -2.16. The van der Waals surface area contributed by atoms with Crippen LogP contribution in [0.4, 0.5) is 0 Å². The Bertz CT molecular complexity index is 534. The Balaban J connectivity index is 2.49. The van der Waals surface area contributed by atoms with Crippen molar-refractivity contribution >= 4 is 22.9 Å². The Morgan fingerprint density at radius 2 is 1.92 bits per heavy atom. The third-order valence-corrected chi connectivity index (χ3v) is 4.58. The van der Waals surface area contributed by atoms with Gasteiger partial charge in [0.05, 0.1) is 0 Å². The molecule has 1 rings (SSSR count). The van der Waals surface area contributed by atoms with Crippen LogP contribution in [0.15, 0.2) is 35.5 Å². The molecule has 0 saturated carbocycles. The van der Waals surface area contributed by atoms with E-state index in [4.69, 9.17) is 11.6 Å². The van der Waals surface area contributed by atoms with E-state index in [9.17, 15) is 0 Å². The van der Waals surface area contributed by atoms with Crippen LogP contribution in [0.2, 0.25) is 5.02 Å². The fourth-order valence-electron chi connectivity index (χ4n) is 2.81. The minimum Gasteiger partial charge on any atom is -0.311 e. The van der Waals surface area contributed by atoms with Crippen molar-refractivity contribution in [3.8, 4) is 0 Å². The predicted octanol–water partition coefficient (Wildman–Crippen LogP) is 6.36. The van der Waals surface area contributed by atoms with Crippen LogP contribution < -0.4 is 5.32 Å². The summed E-state index contributed by atoms with van der Waals surface area (Å²) in [5.41, 5.74) is 3.24. The summed E-state index contributed by atoms with van der Waals surface area (Å²) in [7, 11) is 0. The standard InChI is InChI=1S/C21H33ClN2/c1-5-7-11-19(10-6-2)16-23-15-18(4)24-14-17(3)20-12-8-9-13-21(20)22/h8-9,12-14,19,23H,5-7,10-11,15-16H2,1-4H3/b17-14+,24-18?. The molecule has 1 unspecified atom stereocenters. The van der Waals surface area contributed by atoms with Crippen molar-refractivity contribution in [1.82, 2.24) is 5.32 Å². The molecule has 0 fully saturated rings. The first-order valence-corrected chi connectivity index (χ1v) is 9.61. The third kappa shape index (κ3) is 8.12. The van der Waals surface area contributed by atoms with Gasteiger partial charge in [-0.1, -0.05) is 62.9 Å². The quantitative estimate of drug-likeness (QED) is 0.462. The zero-order chi connectivity index (χ0) is 17.8. The molecule has 0 aliphatic rings. The summed E-state index contributed by atoms with van der Waals surface area (Å²) in [5.74, 6) is 0.795. The Hall–Kier alpha value is -1.12. The van der Waals surface area contributed by atoms with Crippen LogP contribution in [0.5, 0.6) is 0 Å². The van der Waals surface area contributed by atoms with Gasteiger partial charge in [0, 0.05) is 23.5 Å². The number of rotatable bonds is 11. The fraction of sp³-hybridized carbons (Fsp3) is 0.571. The summed E-state index contributed by atoms with van der Waals surface area (Å²) < 4.78 is 0. The summed E-state index contributed by atoms with van der Waals surface area (Å²) in [6, 6.07) is 7.89. The van der Waals surface area contributed by atoms with Gasteiger partial charge < -0.3 is 5.32 Å². The number of nitrogens with one attached hydrogen (secondary N) is 1. The van der Waals surface area contributed by atoms with Crippen molar-refractivity contribution in [2.24, 2.45) is 10.9 Å². The highest BCUT2D eigenvalue weighted by Crippen LogP contribution is 2.22. The van der Waals surface area contributed by atoms with E-state index in [1.807, 2.05) is 37.4 Å². The summed E-state index contributed by atoms with van der Waals surface area (Å²) in [6.45, 7) is 10.6. The van der Waals surface area contributed by atoms with Crippen LogP contribution in [0.25, 0.3) is 5.57 Å². The lowest BCUT2D eigenvalue weighted by molar-refractivity contribution is 0.410. The van der Waals surface area contributed by atoms with Crippen molar-refractivity contribution in [2.75, 3.05) is 13.1 Å². The molecule has 1 N–H and O–H groups in total. The SMILES string of the molecule is CCCCC(CCC)CNCC(C)=N/C=C(\C)c1ccccc1Cl. The molecular weight excluding hydrogens is 316 g/mol. The summed E-state index contributed by atoms with van der Waals surface area (Å²) in [4.78, 5) is 4.58. The first-order chi connectivity index (χ1) is 11.6. The second kappa shape index (κ2) is 12.3. The molecule has 0 heterocycles. The highest BCUT2D eigenvalue weighted by Gasteiger charge is 2.06. The highest BCUT2D eigenvalue weighted by molar-refractivity contribution is 6.32. The van der Waals surface area contributed by atoms with Gasteiger partial charge in [-0.15, -0.1) is 0 Å². The highest BCUT2D eigenvalue weighted by atomic mass is 35.5. The molecule has 2 nitrogen and oxygen atoms in total. The van der Waals surface area contributed by atoms with E-state index < -0.39 is 0 Å². The molecule has 0 aliphatic carbocycles. The number of nitrogens with zero attached hydrogens (tertiary/aromatic N) is 1. The number of allylic oxidation sites excluding steroid dienone is 1. The minimum atomic E-state index is 0.774. The second-order valence-corrected chi connectivity index (χ2v) is 6.99. The zero-order valence-corrected chi connectivity index (χ0v) is 16.5. The van der Waals surface area contributed by atoms with Gasteiger partial charge in [-0.25, -0.2) is 0 Å². The molecule has 134 valence electrons. The van der Waals surface area contributed by atoms with Crippen LogP contribution in [-0.4, -0.2) is 18.8 Å². The molecule has 0 radical (unpaired) electrons. The van der Waals surface area contributed by atoms with Crippen LogP contribution in [0, 0.1) is 5.92 Å². The average Bonchev–Trinajstić information content (AvgIpc) is 2.58. The molecule has 1 atom stereocenters. The van der Waals surface area contributed by atoms with Crippen LogP contribution in [-0.2, 0) is 0 Å². The predicted molar refractivity (Wildman–Crippen MR) is 109 cm³/mol. The molecule has 24 heavy (non-hydrogen) atoms. The number of hydrogen-bond donors (Lipinski definition) is 1. The van der Waals surface area contributed by atoms with Gasteiger partial charge in [0.25, 0.3) is 0 Å². The summed E-state index contributed by atoms with van der Waals surface area (Å²) >= 11 is 6.22. The van der Waals surface area contributed by atoms with E-state index in [1.165, 1.54) is 32.1 Å².